The monoisotopic (exact) mass is 177 g/mol. The first-order chi connectivity index (χ1) is 4.41. The van der Waals surface area contributed by atoms with Gasteiger partial charge >= 0.3 is 65.1 Å². The molecule has 0 aliphatic heterocycles. The molecule has 0 aliphatic carbocycles. The van der Waals surface area contributed by atoms with Crippen molar-refractivity contribution in [2.45, 2.75) is 50.2 Å². The Morgan fingerprint density at radius 2 is 1.33 bits per heavy atom. The third kappa shape index (κ3) is 8.52. The Kier molecular flexibility index (Phi) is 9.01. The molecule has 0 spiro atoms. The van der Waals surface area contributed by atoms with E-state index < -0.39 is 0 Å². The van der Waals surface area contributed by atoms with Crippen LogP contribution in [0.3, 0.4) is 0 Å². The van der Waals surface area contributed by atoms with Crippen molar-refractivity contribution in [3.8, 4) is 0 Å². The molecule has 0 aromatic rings. The van der Waals surface area contributed by atoms with E-state index in [9.17, 15) is 0 Å². The van der Waals surface area contributed by atoms with Gasteiger partial charge < -0.3 is 0 Å². The van der Waals surface area contributed by atoms with Crippen LogP contribution in [0.2, 0.25) is 10.6 Å². The van der Waals surface area contributed by atoms with Gasteiger partial charge in [0.25, 0.3) is 0 Å². The number of hydrogen-bond acceptors (Lipinski definition) is 0. The summed E-state index contributed by atoms with van der Waals surface area (Å²) in [6.45, 7) is 4.50. The summed E-state index contributed by atoms with van der Waals surface area (Å²) >= 11 is 2.18. The third-order valence-corrected chi connectivity index (χ3v) is 2.47. The fourth-order valence-electron chi connectivity index (χ4n) is 0.439. The average Bonchev–Trinajstić information content (AvgIpc) is 1.89. The summed E-state index contributed by atoms with van der Waals surface area (Å²) in [4.78, 5) is 0. The van der Waals surface area contributed by atoms with Crippen LogP contribution >= 0.6 is 0 Å². The maximum atomic E-state index is 2.25. The van der Waals surface area contributed by atoms with Crippen LogP contribution in [0.4, 0.5) is 0 Å². The second-order valence-corrected chi connectivity index (χ2v) is 3.57. The summed E-state index contributed by atoms with van der Waals surface area (Å²) in [5.41, 5.74) is 0. The Morgan fingerprint density at radius 3 is 1.67 bits per heavy atom. The maximum absolute atomic E-state index is 2.25. The van der Waals surface area contributed by atoms with Crippen LogP contribution in [-0.2, 0) is 15.0 Å². The summed E-state index contributed by atoms with van der Waals surface area (Å²) in [5.74, 6) is 0. The van der Waals surface area contributed by atoms with Crippen LogP contribution in [0.15, 0.2) is 0 Å². The zero-order valence-corrected chi connectivity index (χ0v) is 7.49. The Balaban J connectivity index is 2.60. The van der Waals surface area contributed by atoms with Gasteiger partial charge in [-0.3, -0.25) is 0 Å². The third-order valence-electron chi connectivity index (χ3n) is 1.13. The van der Waals surface area contributed by atoms with Crippen LogP contribution < -0.4 is 0 Å². The topological polar surface area (TPSA) is 0 Å². The van der Waals surface area contributed by atoms with Crippen LogP contribution in [0.25, 0.3) is 0 Å². The number of hydrogen-bond donors (Lipinski definition) is 0. The zero-order chi connectivity index (χ0) is 6.95. The van der Waals surface area contributed by atoms with Gasteiger partial charge in [0.15, 0.2) is 0 Å². The van der Waals surface area contributed by atoms with Gasteiger partial charge in [-0.1, -0.05) is 0 Å². The van der Waals surface area contributed by atoms with Gasteiger partial charge in [0, 0.05) is 0 Å². The van der Waals surface area contributed by atoms with Crippen LogP contribution in [0.5, 0.6) is 0 Å². The molecule has 0 nitrogen and oxygen atoms in total. The van der Waals surface area contributed by atoms with E-state index in [0.717, 1.165) is 0 Å². The molecule has 0 unspecified atom stereocenters. The molecule has 0 fully saturated rings. The van der Waals surface area contributed by atoms with Crippen LogP contribution in [0.1, 0.15) is 39.5 Å². The molecule has 0 aliphatic rings. The quantitative estimate of drug-likeness (QED) is 0.431. The second-order valence-electron chi connectivity index (χ2n) is 2.16. The van der Waals surface area contributed by atoms with Crippen molar-refractivity contribution < 1.29 is 15.0 Å². The fraction of sp³-hybridized carbons (Fsp3) is 1.00. The van der Waals surface area contributed by atoms with Gasteiger partial charge in [0.2, 0.25) is 0 Å². The predicted octanol–water partition coefficient (Wildman–Crippen LogP) is 3.51. The first-order valence-corrected chi connectivity index (χ1v) is 5.17. The first-order valence-electron chi connectivity index (χ1n) is 3.84. The normalized spacial score (nSPS) is 10.4. The molecule has 0 saturated carbocycles. The van der Waals surface area contributed by atoms with Gasteiger partial charge in [0.05, 0.1) is 0 Å². The zero-order valence-electron chi connectivity index (χ0n) is 6.54. The summed E-state index contributed by atoms with van der Waals surface area (Å²) in [5, 5.41) is 2.72. The molecule has 0 heterocycles. The van der Waals surface area contributed by atoms with E-state index in [1.54, 1.807) is 0 Å². The minimum atomic E-state index is 1.34. The van der Waals surface area contributed by atoms with Gasteiger partial charge in [0.1, 0.15) is 0 Å². The van der Waals surface area contributed by atoms with E-state index in [-0.39, 0.29) is 0 Å². The molecular formula is C8H18Cu. The minimum absolute atomic E-state index is 1.34. The Labute approximate surface area is 65.6 Å². The van der Waals surface area contributed by atoms with E-state index >= 15 is 0 Å². The van der Waals surface area contributed by atoms with Crippen molar-refractivity contribution in [3.05, 3.63) is 0 Å². The van der Waals surface area contributed by atoms with Gasteiger partial charge in [-0.25, -0.2) is 0 Å². The molecular weight excluding hydrogens is 160 g/mol. The van der Waals surface area contributed by atoms with E-state index in [1.165, 1.54) is 36.3 Å². The van der Waals surface area contributed by atoms with Crippen molar-refractivity contribution in [2.24, 2.45) is 0 Å². The molecule has 0 radical (unpaired) electrons. The van der Waals surface area contributed by atoms with Crippen LogP contribution in [0, 0.1) is 0 Å². The van der Waals surface area contributed by atoms with Crippen molar-refractivity contribution in [2.75, 3.05) is 0 Å². The molecule has 0 saturated heterocycles. The summed E-state index contributed by atoms with van der Waals surface area (Å²) in [6.07, 6.45) is 5.47. The fourth-order valence-corrected chi connectivity index (χ4v) is 1.81. The summed E-state index contributed by atoms with van der Waals surface area (Å²) in [7, 11) is 0. The molecule has 0 amide bonds. The Bertz CT molecular complexity index is 37.8. The number of unbranched alkanes of at least 4 members (excludes halogenated alkanes) is 2. The molecule has 9 heavy (non-hydrogen) atoms. The second kappa shape index (κ2) is 8.52. The summed E-state index contributed by atoms with van der Waals surface area (Å²) < 4.78 is 0. The van der Waals surface area contributed by atoms with Gasteiger partial charge in [-0.15, -0.1) is 0 Å². The standard InChI is InChI=1S/2C4H9.Cu/c2*1-3-4-2;/h2*1,3-4H2,2H3;. The van der Waals surface area contributed by atoms with Crippen molar-refractivity contribution >= 4 is 0 Å². The van der Waals surface area contributed by atoms with E-state index in [0.29, 0.717) is 0 Å². The summed E-state index contributed by atoms with van der Waals surface area (Å²) in [6, 6.07) is 0. The number of rotatable bonds is 6. The molecule has 0 aromatic heterocycles. The SMILES string of the molecule is CCC[CH2][Cu][CH2]CCC. The van der Waals surface area contributed by atoms with Crippen molar-refractivity contribution in [1.29, 1.82) is 0 Å². The van der Waals surface area contributed by atoms with E-state index in [1.807, 2.05) is 0 Å². The van der Waals surface area contributed by atoms with Crippen molar-refractivity contribution in [3.63, 3.8) is 0 Å². The molecule has 61 valence electrons. The van der Waals surface area contributed by atoms with Gasteiger partial charge in [-0.2, -0.15) is 0 Å². The van der Waals surface area contributed by atoms with E-state index in [4.69, 9.17) is 0 Å². The molecule has 1 heteroatoms. The molecule has 0 aromatic carbocycles. The van der Waals surface area contributed by atoms with Crippen molar-refractivity contribution in [1.82, 2.24) is 0 Å². The Hall–Kier alpha value is 0.519. The molecule has 0 atom stereocenters. The van der Waals surface area contributed by atoms with E-state index in [2.05, 4.69) is 28.8 Å². The average molecular weight is 178 g/mol. The predicted molar refractivity (Wildman–Crippen MR) is 39.4 cm³/mol. The molecule has 0 N–H and O–H groups in total. The first kappa shape index (κ1) is 9.52. The Morgan fingerprint density at radius 1 is 0.889 bits per heavy atom. The van der Waals surface area contributed by atoms with Crippen LogP contribution in [-0.4, -0.2) is 0 Å². The van der Waals surface area contributed by atoms with Gasteiger partial charge in [-0.05, 0) is 0 Å². The molecule has 0 bridgehead atoms. The molecule has 0 rings (SSSR count).